The maximum atomic E-state index is 11.1. The molecule has 0 aliphatic rings. The Labute approximate surface area is 66.9 Å². The van der Waals surface area contributed by atoms with Gasteiger partial charge in [-0.1, -0.05) is 0 Å². The minimum atomic E-state index is -0.433. The number of nitrogens with one attached hydrogen (secondary N) is 1. The van der Waals surface area contributed by atoms with Crippen LogP contribution in [0.1, 0.15) is 20.8 Å². The highest BCUT2D eigenvalue weighted by molar-refractivity contribution is 6.19. The van der Waals surface area contributed by atoms with Crippen LogP contribution in [0.25, 0.3) is 0 Å². The first-order chi connectivity index (χ1) is 4.54. The van der Waals surface area contributed by atoms with Gasteiger partial charge < -0.3 is 5.32 Å². The molecule has 1 amide bonds. The van der Waals surface area contributed by atoms with Gasteiger partial charge in [-0.2, -0.15) is 0 Å². The van der Waals surface area contributed by atoms with Gasteiger partial charge in [0.1, 0.15) is 0 Å². The topological polar surface area (TPSA) is 29.1 Å². The summed E-state index contributed by atoms with van der Waals surface area (Å²) in [5.74, 6) is 0.378. The zero-order valence-electron chi connectivity index (χ0n) is 6.70. The van der Waals surface area contributed by atoms with Crippen LogP contribution in [0.2, 0.25) is 0 Å². The number of halogens is 1. The van der Waals surface area contributed by atoms with E-state index in [4.69, 9.17) is 11.6 Å². The summed E-state index contributed by atoms with van der Waals surface area (Å²) in [7, 11) is 0. The minimum Gasteiger partial charge on any atom is -0.356 e. The van der Waals surface area contributed by atoms with E-state index < -0.39 is 5.41 Å². The second-order valence-corrected chi connectivity index (χ2v) is 3.14. The zero-order chi connectivity index (χ0) is 8.20. The molecule has 0 aliphatic heterocycles. The molecule has 0 aromatic rings. The third-order valence-corrected chi connectivity index (χ3v) is 1.95. The molecule has 0 aromatic carbocycles. The van der Waals surface area contributed by atoms with Crippen LogP contribution in [0.3, 0.4) is 0 Å². The Morgan fingerprint density at radius 3 is 2.40 bits per heavy atom. The second-order valence-electron chi connectivity index (χ2n) is 2.88. The highest BCUT2D eigenvalue weighted by Gasteiger charge is 2.25. The second kappa shape index (κ2) is 3.81. The van der Waals surface area contributed by atoms with Crippen LogP contribution in [0.15, 0.2) is 0 Å². The predicted octanol–water partition coefficient (Wildman–Crippen LogP) is 1.39. The first-order valence-electron chi connectivity index (χ1n) is 3.39. The quantitative estimate of drug-likeness (QED) is 0.626. The maximum Gasteiger partial charge on any atom is 0.226 e. The highest BCUT2D eigenvalue weighted by atomic mass is 35.5. The molecule has 0 atom stereocenters. The van der Waals surface area contributed by atoms with Crippen molar-refractivity contribution in [1.82, 2.24) is 5.32 Å². The van der Waals surface area contributed by atoms with Gasteiger partial charge in [0.05, 0.1) is 5.41 Å². The molecule has 60 valence electrons. The number of carbonyl (C=O) groups is 1. The molecule has 3 heteroatoms. The monoisotopic (exact) mass is 163 g/mol. The van der Waals surface area contributed by atoms with Crippen molar-refractivity contribution >= 4 is 17.5 Å². The van der Waals surface area contributed by atoms with Crippen molar-refractivity contribution in [3.05, 3.63) is 0 Å². The summed E-state index contributed by atoms with van der Waals surface area (Å²) in [5, 5.41) is 2.71. The van der Waals surface area contributed by atoms with Crippen LogP contribution in [-0.2, 0) is 4.79 Å². The average Bonchev–Trinajstić information content (AvgIpc) is 1.89. The standard InChI is InChI=1S/C7H14ClNO/c1-4-9-6(10)7(2,3)5-8/h4-5H2,1-3H3,(H,9,10). The van der Waals surface area contributed by atoms with Crippen LogP contribution in [0.5, 0.6) is 0 Å². The van der Waals surface area contributed by atoms with E-state index in [2.05, 4.69) is 5.32 Å². The van der Waals surface area contributed by atoms with E-state index in [1.807, 2.05) is 20.8 Å². The van der Waals surface area contributed by atoms with Gasteiger partial charge in [0.25, 0.3) is 0 Å². The molecule has 0 fully saturated rings. The van der Waals surface area contributed by atoms with E-state index in [1.54, 1.807) is 0 Å². The summed E-state index contributed by atoms with van der Waals surface area (Å²) < 4.78 is 0. The molecule has 0 aromatic heterocycles. The van der Waals surface area contributed by atoms with Crippen molar-refractivity contribution in [3.8, 4) is 0 Å². The molecule has 0 radical (unpaired) electrons. The van der Waals surface area contributed by atoms with E-state index in [1.165, 1.54) is 0 Å². The molecule has 0 saturated carbocycles. The normalized spacial score (nSPS) is 11.2. The fraction of sp³-hybridized carbons (Fsp3) is 0.857. The number of amides is 1. The van der Waals surface area contributed by atoms with Gasteiger partial charge in [-0.15, -0.1) is 11.6 Å². The SMILES string of the molecule is CCNC(=O)C(C)(C)CCl. The number of hydrogen-bond acceptors (Lipinski definition) is 1. The summed E-state index contributed by atoms with van der Waals surface area (Å²) in [6.07, 6.45) is 0. The van der Waals surface area contributed by atoms with E-state index in [0.717, 1.165) is 0 Å². The molecule has 10 heavy (non-hydrogen) atoms. The fourth-order valence-electron chi connectivity index (χ4n) is 0.461. The van der Waals surface area contributed by atoms with Gasteiger partial charge in [-0.3, -0.25) is 4.79 Å². The number of carbonyl (C=O) groups excluding carboxylic acids is 1. The number of alkyl halides is 1. The van der Waals surface area contributed by atoms with Crippen molar-refractivity contribution in [3.63, 3.8) is 0 Å². The summed E-state index contributed by atoms with van der Waals surface area (Å²) in [5.41, 5.74) is -0.433. The molecule has 0 aliphatic carbocycles. The summed E-state index contributed by atoms with van der Waals surface area (Å²) in [4.78, 5) is 11.1. The molecule has 0 spiro atoms. The zero-order valence-corrected chi connectivity index (χ0v) is 7.46. The lowest BCUT2D eigenvalue weighted by Gasteiger charge is -2.19. The molecule has 0 rings (SSSR count). The Kier molecular flexibility index (Phi) is 3.72. The van der Waals surface area contributed by atoms with Gasteiger partial charge in [0.15, 0.2) is 0 Å². The summed E-state index contributed by atoms with van der Waals surface area (Å²) in [6.45, 7) is 6.21. The van der Waals surface area contributed by atoms with Crippen LogP contribution in [0, 0.1) is 5.41 Å². The Hall–Kier alpha value is -0.240. The molecular weight excluding hydrogens is 150 g/mol. The van der Waals surface area contributed by atoms with E-state index in [0.29, 0.717) is 12.4 Å². The maximum absolute atomic E-state index is 11.1. The summed E-state index contributed by atoms with van der Waals surface area (Å²) >= 11 is 5.56. The Balaban J connectivity index is 3.91. The van der Waals surface area contributed by atoms with E-state index >= 15 is 0 Å². The van der Waals surface area contributed by atoms with E-state index in [9.17, 15) is 4.79 Å². The highest BCUT2D eigenvalue weighted by Crippen LogP contribution is 2.16. The molecular formula is C7H14ClNO. The van der Waals surface area contributed by atoms with Crippen molar-refractivity contribution in [2.75, 3.05) is 12.4 Å². The van der Waals surface area contributed by atoms with Crippen molar-refractivity contribution in [2.45, 2.75) is 20.8 Å². The number of hydrogen-bond donors (Lipinski definition) is 1. The summed E-state index contributed by atoms with van der Waals surface area (Å²) in [6, 6.07) is 0. The fourth-order valence-corrected chi connectivity index (χ4v) is 0.582. The predicted molar refractivity (Wildman–Crippen MR) is 43.2 cm³/mol. The Morgan fingerprint density at radius 1 is 1.60 bits per heavy atom. The van der Waals surface area contributed by atoms with Crippen LogP contribution in [-0.4, -0.2) is 18.3 Å². The van der Waals surface area contributed by atoms with Crippen molar-refractivity contribution in [1.29, 1.82) is 0 Å². The molecule has 0 bridgehead atoms. The number of rotatable bonds is 3. The molecule has 0 saturated heterocycles. The average molecular weight is 164 g/mol. The van der Waals surface area contributed by atoms with Gasteiger partial charge in [0, 0.05) is 12.4 Å². The van der Waals surface area contributed by atoms with Crippen LogP contribution < -0.4 is 5.32 Å². The van der Waals surface area contributed by atoms with Gasteiger partial charge in [0.2, 0.25) is 5.91 Å². The van der Waals surface area contributed by atoms with Crippen molar-refractivity contribution < 1.29 is 4.79 Å². The molecule has 2 nitrogen and oxygen atoms in total. The Morgan fingerprint density at radius 2 is 2.10 bits per heavy atom. The van der Waals surface area contributed by atoms with Crippen LogP contribution in [0.4, 0.5) is 0 Å². The smallest absolute Gasteiger partial charge is 0.226 e. The van der Waals surface area contributed by atoms with Crippen molar-refractivity contribution in [2.24, 2.45) is 5.41 Å². The lowest BCUT2D eigenvalue weighted by Crippen LogP contribution is -2.37. The molecule has 1 N–H and O–H groups in total. The van der Waals surface area contributed by atoms with Crippen LogP contribution >= 0.6 is 11.6 Å². The lowest BCUT2D eigenvalue weighted by atomic mass is 9.95. The molecule has 0 unspecified atom stereocenters. The Bertz CT molecular complexity index is 123. The van der Waals surface area contributed by atoms with E-state index in [-0.39, 0.29) is 5.91 Å². The van der Waals surface area contributed by atoms with Gasteiger partial charge >= 0.3 is 0 Å². The first-order valence-corrected chi connectivity index (χ1v) is 3.92. The van der Waals surface area contributed by atoms with Gasteiger partial charge in [-0.05, 0) is 20.8 Å². The van der Waals surface area contributed by atoms with Gasteiger partial charge in [-0.25, -0.2) is 0 Å². The largest absolute Gasteiger partial charge is 0.356 e. The minimum absolute atomic E-state index is 0.0185. The third kappa shape index (κ3) is 2.56. The third-order valence-electron chi connectivity index (χ3n) is 1.29. The molecule has 0 heterocycles. The lowest BCUT2D eigenvalue weighted by molar-refractivity contribution is -0.128. The first kappa shape index (κ1) is 9.76.